The maximum Gasteiger partial charge on any atom is 0.262 e. The molecule has 1 aliphatic heterocycles. The summed E-state index contributed by atoms with van der Waals surface area (Å²) in [6.07, 6.45) is 2.37. The van der Waals surface area contributed by atoms with E-state index in [1.165, 1.54) is 0 Å². The third kappa shape index (κ3) is 6.50. The van der Waals surface area contributed by atoms with Crippen LogP contribution in [0.5, 0.6) is 11.5 Å². The third-order valence-electron chi connectivity index (χ3n) is 8.32. The Balaban J connectivity index is 1.54. The van der Waals surface area contributed by atoms with E-state index < -0.39 is 5.92 Å². The van der Waals surface area contributed by atoms with Gasteiger partial charge in [0.05, 0.1) is 10.2 Å². The average molecular weight is 717 g/mol. The Bertz CT molecular complexity index is 1500. The maximum atomic E-state index is 13.9. The lowest BCUT2D eigenvalue weighted by atomic mass is 9.64. The second kappa shape index (κ2) is 11.9. The van der Waals surface area contributed by atoms with Crippen molar-refractivity contribution in [3.8, 4) is 11.5 Å². The largest absolute Gasteiger partial charge is 0.490 e. The fourth-order valence-corrected chi connectivity index (χ4v) is 7.43. The molecule has 0 saturated heterocycles. The predicted molar refractivity (Wildman–Crippen MR) is 177 cm³/mol. The van der Waals surface area contributed by atoms with Gasteiger partial charge in [-0.05, 0) is 95.1 Å². The smallest absolute Gasteiger partial charge is 0.262 e. The van der Waals surface area contributed by atoms with Crippen LogP contribution in [0.4, 0.5) is 5.69 Å². The van der Waals surface area contributed by atoms with Crippen molar-refractivity contribution in [2.24, 2.45) is 10.8 Å². The molecule has 0 spiro atoms. The Hall–Kier alpha value is -2.85. The minimum atomic E-state index is -0.483. The molecule has 0 fully saturated rings. The standard InChI is InChI=1S/C34H38ClIN2O5/c1-7-42-27-13-19(12-22(36)32(27)43-18-28(41)37-21-10-8-20(35)9-11-21)29-30-23(14-33(2,3)16-25(30)39)38(6)24-15-34(4,5)17-26(40)31(24)29/h8-13,29H,7,14-18H2,1-6H3,(H,37,41). The second-order valence-electron chi connectivity index (χ2n) is 13.2. The molecule has 1 N–H and O–H groups in total. The average Bonchev–Trinajstić information content (AvgIpc) is 2.89. The van der Waals surface area contributed by atoms with E-state index in [9.17, 15) is 14.4 Å². The van der Waals surface area contributed by atoms with Crippen LogP contribution in [0.3, 0.4) is 0 Å². The quantitative estimate of drug-likeness (QED) is 0.296. The zero-order valence-electron chi connectivity index (χ0n) is 25.5. The summed E-state index contributed by atoms with van der Waals surface area (Å²) < 4.78 is 12.8. The molecule has 7 nitrogen and oxygen atoms in total. The molecule has 5 rings (SSSR count). The first kappa shape index (κ1) is 31.6. The van der Waals surface area contributed by atoms with E-state index in [2.05, 4.69) is 60.5 Å². The molecular weight excluding hydrogens is 679 g/mol. The molecule has 0 bridgehead atoms. The first-order valence-corrected chi connectivity index (χ1v) is 16.1. The molecule has 0 saturated carbocycles. The van der Waals surface area contributed by atoms with Crippen molar-refractivity contribution >= 4 is 57.4 Å². The number of ether oxygens (including phenoxy) is 2. The van der Waals surface area contributed by atoms with Gasteiger partial charge in [0.1, 0.15) is 0 Å². The lowest BCUT2D eigenvalue weighted by molar-refractivity contribution is -0.120. The number of ketones is 2. The van der Waals surface area contributed by atoms with Gasteiger partial charge in [-0.3, -0.25) is 14.4 Å². The highest BCUT2D eigenvalue weighted by Gasteiger charge is 2.48. The highest BCUT2D eigenvalue weighted by molar-refractivity contribution is 14.1. The van der Waals surface area contributed by atoms with E-state index in [1.807, 2.05) is 26.1 Å². The number of nitrogens with one attached hydrogen (secondary N) is 1. The van der Waals surface area contributed by atoms with Gasteiger partial charge in [-0.15, -0.1) is 0 Å². The molecule has 2 aliphatic carbocycles. The highest BCUT2D eigenvalue weighted by atomic mass is 127. The molecule has 2 aromatic carbocycles. The zero-order valence-corrected chi connectivity index (χ0v) is 28.4. The van der Waals surface area contributed by atoms with Gasteiger partial charge in [-0.2, -0.15) is 0 Å². The minimum absolute atomic E-state index is 0.0828. The Labute approximate surface area is 272 Å². The van der Waals surface area contributed by atoms with E-state index in [4.69, 9.17) is 21.1 Å². The second-order valence-corrected chi connectivity index (χ2v) is 14.8. The Kier molecular flexibility index (Phi) is 8.75. The van der Waals surface area contributed by atoms with Crippen LogP contribution in [0, 0.1) is 14.4 Å². The number of carbonyl (C=O) groups excluding carboxylic acids is 3. The molecule has 1 heterocycles. The molecule has 1 amide bonds. The maximum absolute atomic E-state index is 13.9. The number of Topliss-reactive ketones (excluding diaryl/α,β-unsaturated/α-hetero) is 2. The molecule has 0 aromatic heterocycles. The van der Waals surface area contributed by atoms with Crippen LogP contribution in [0.15, 0.2) is 58.9 Å². The Morgan fingerprint density at radius 3 is 2.05 bits per heavy atom. The number of benzene rings is 2. The topological polar surface area (TPSA) is 84.9 Å². The number of rotatable bonds is 7. The number of nitrogens with zero attached hydrogens (tertiary/aromatic N) is 1. The van der Waals surface area contributed by atoms with Crippen molar-refractivity contribution in [3.63, 3.8) is 0 Å². The first-order chi connectivity index (χ1) is 20.2. The molecule has 9 heteroatoms. The van der Waals surface area contributed by atoms with Crippen molar-refractivity contribution in [1.29, 1.82) is 0 Å². The molecule has 2 aromatic rings. The minimum Gasteiger partial charge on any atom is -0.490 e. The number of hydrogen-bond donors (Lipinski definition) is 1. The summed E-state index contributed by atoms with van der Waals surface area (Å²) in [5.41, 5.74) is 4.52. The van der Waals surface area contributed by atoms with Gasteiger partial charge in [0, 0.05) is 59.1 Å². The number of hydrogen-bond acceptors (Lipinski definition) is 6. The van der Waals surface area contributed by atoms with Crippen molar-refractivity contribution in [2.45, 2.75) is 66.2 Å². The predicted octanol–water partition coefficient (Wildman–Crippen LogP) is 7.68. The van der Waals surface area contributed by atoms with Crippen molar-refractivity contribution < 1.29 is 23.9 Å². The molecule has 0 radical (unpaired) electrons. The lowest BCUT2D eigenvalue weighted by Crippen LogP contribution is -2.43. The summed E-state index contributed by atoms with van der Waals surface area (Å²) in [6, 6.07) is 10.7. The van der Waals surface area contributed by atoms with Crippen LogP contribution < -0.4 is 14.8 Å². The summed E-state index contributed by atoms with van der Waals surface area (Å²) in [4.78, 5) is 42.5. The fourth-order valence-electron chi connectivity index (χ4n) is 6.52. The SMILES string of the molecule is CCOc1cc(C2C3=C(CC(C)(C)CC3=O)N(C)C3=C2C(=O)CC(C)(C)C3)cc(I)c1OCC(=O)Nc1ccc(Cl)cc1. The monoisotopic (exact) mass is 716 g/mol. The van der Waals surface area contributed by atoms with Crippen molar-refractivity contribution in [2.75, 3.05) is 25.6 Å². The van der Waals surface area contributed by atoms with Gasteiger partial charge in [0.2, 0.25) is 0 Å². The molecule has 0 atom stereocenters. The van der Waals surface area contributed by atoms with Gasteiger partial charge in [-0.1, -0.05) is 39.3 Å². The number of amides is 1. The molecule has 228 valence electrons. The van der Waals surface area contributed by atoms with Crippen LogP contribution in [0.2, 0.25) is 5.02 Å². The first-order valence-electron chi connectivity index (χ1n) is 14.6. The van der Waals surface area contributed by atoms with E-state index >= 15 is 0 Å². The number of carbonyl (C=O) groups is 3. The Morgan fingerprint density at radius 1 is 0.953 bits per heavy atom. The number of halogens is 2. The molecule has 3 aliphatic rings. The van der Waals surface area contributed by atoms with Crippen LogP contribution in [0.1, 0.15) is 71.8 Å². The summed E-state index contributed by atoms with van der Waals surface area (Å²) in [7, 11) is 2.01. The van der Waals surface area contributed by atoms with Crippen LogP contribution in [-0.4, -0.2) is 42.6 Å². The van der Waals surface area contributed by atoms with E-state index in [0.29, 0.717) is 52.8 Å². The normalized spacial score (nSPS) is 19.7. The third-order valence-corrected chi connectivity index (χ3v) is 9.37. The molecular formula is C34H38ClIN2O5. The van der Waals surface area contributed by atoms with E-state index in [-0.39, 0.29) is 34.9 Å². The molecule has 43 heavy (non-hydrogen) atoms. The van der Waals surface area contributed by atoms with Crippen molar-refractivity contribution in [1.82, 2.24) is 4.90 Å². The van der Waals surface area contributed by atoms with Gasteiger partial charge in [0.15, 0.2) is 29.7 Å². The molecule has 0 unspecified atom stereocenters. The lowest BCUT2D eigenvalue weighted by Gasteiger charge is -2.48. The summed E-state index contributed by atoms with van der Waals surface area (Å²) in [5, 5.41) is 3.39. The summed E-state index contributed by atoms with van der Waals surface area (Å²) in [6.45, 7) is 10.5. The summed E-state index contributed by atoms with van der Waals surface area (Å²) in [5.74, 6) is 0.276. The number of allylic oxidation sites excluding steroid dienone is 4. The number of anilines is 1. The van der Waals surface area contributed by atoms with Gasteiger partial charge < -0.3 is 19.7 Å². The summed E-state index contributed by atoms with van der Waals surface area (Å²) >= 11 is 8.13. The Morgan fingerprint density at radius 2 is 1.51 bits per heavy atom. The van der Waals surface area contributed by atoms with Gasteiger partial charge >= 0.3 is 0 Å². The van der Waals surface area contributed by atoms with Gasteiger partial charge in [-0.25, -0.2) is 0 Å². The van der Waals surface area contributed by atoms with E-state index in [0.717, 1.165) is 33.4 Å². The van der Waals surface area contributed by atoms with Crippen LogP contribution in [0.25, 0.3) is 0 Å². The zero-order chi connectivity index (χ0) is 31.3. The van der Waals surface area contributed by atoms with Crippen molar-refractivity contribution in [3.05, 3.63) is 73.1 Å². The van der Waals surface area contributed by atoms with Gasteiger partial charge in [0.25, 0.3) is 5.91 Å². The van der Waals surface area contributed by atoms with Crippen LogP contribution >= 0.6 is 34.2 Å². The highest BCUT2D eigenvalue weighted by Crippen LogP contribution is 2.54. The fraction of sp³-hybridized carbons (Fsp3) is 0.441. The van der Waals surface area contributed by atoms with Crippen LogP contribution in [-0.2, 0) is 14.4 Å². The van der Waals surface area contributed by atoms with E-state index in [1.54, 1.807) is 24.3 Å².